The number of carbonyl (C=O) groups excluding carboxylic acids is 2. The molecule has 2 fully saturated rings. The number of benzene rings is 1. The van der Waals surface area contributed by atoms with Crippen molar-refractivity contribution in [1.82, 2.24) is 19.8 Å². The number of sulfonamides is 1. The Morgan fingerprint density at radius 3 is 2.65 bits per heavy atom. The summed E-state index contributed by atoms with van der Waals surface area (Å²) in [5, 5.41) is 7.07. The summed E-state index contributed by atoms with van der Waals surface area (Å²) >= 11 is 0. The van der Waals surface area contributed by atoms with Crippen LogP contribution in [-0.2, 0) is 34.9 Å². The highest BCUT2D eigenvalue weighted by Gasteiger charge is 2.47. The van der Waals surface area contributed by atoms with Gasteiger partial charge in [-0.2, -0.15) is 18.3 Å². The van der Waals surface area contributed by atoms with Gasteiger partial charge in [-0.3, -0.25) is 14.3 Å². The van der Waals surface area contributed by atoms with Gasteiger partial charge in [-0.1, -0.05) is 31.7 Å². The molecule has 2 heterocycles. The number of rotatable bonds is 8. The van der Waals surface area contributed by atoms with E-state index in [1.165, 1.54) is 10.7 Å². The maximum Gasteiger partial charge on any atom is 0.422 e. The van der Waals surface area contributed by atoms with Crippen LogP contribution in [0.1, 0.15) is 89.0 Å². The molecule has 1 spiro atoms. The van der Waals surface area contributed by atoms with Gasteiger partial charge < -0.3 is 10.1 Å². The van der Waals surface area contributed by atoms with Crippen LogP contribution < -0.4 is 14.8 Å². The fourth-order valence-corrected chi connectivity index (χ4v) is 7.82. The first-order valence-electron chi connectivity index (χ1n) is 13.8. The molecule has 1 aromatic carbocycles. The number of hydrogen-bond acceptors (Lipinski definition) is 6. The van der Waals surface area contributed by atoms with Crippen molar-refractivity contribution in [2.45, 2.75) is 87.7 Å². The van der Waals surface area contributed by atoms with Crippen molar-refractivity contribution >= 4 is 21.8 Å². The van der Waals surface area contributed by atoms with Gasteiger partial charge in [0.2, 0.25) is 10.0 Å². The van der Waals surface area contributed by atoms with Crippen LogP contribution >= 0.6 is 0 Å². The predicted molar refractivity (Wildman–Crippen MR) is 137 cm³/mol. The third-order valence-corrected chi connectivity index (χ3v) is 10.3. The number of amides is 2. The van der Waals surface area contributed by atoms with Gasteiger partial charge in [-0.05, 0) is 61.3 Å². The third-order valence-electron chi connectivity index (χ3n) is 8.53. The number of fused-ring (bicyclic) bond motifs is 3. The lowest BCUT2D eigenvalue weighted by Crippen LogP contribution is -2.50. The van der Waals surface area contributed by atoms with Crippen LogP contribution in [0.25, 0.3) is 0 Å². The molecule has 1 aliphatic heterocycles. The van der Waals surface area contributed by atoms with Crippen molar-refractivity contribution in [3.05, 3.63) is 46.3 Å². The number of hydrogen-bond donors (Lipinski definition) is 2. The SMILES string of the molecule is O=C1N[C@@]2(CCc3cc(OCC(F)(F)F)ccc32)Cc2nn(CCC3CC3)c(C(=O)NS(=O)(=O)C3CCCC3)c21. The zero-order valence-corrected chi connectivity index (χ0v) is 22.7. The zero-order chi connectivity index (χ0) is 28.3. The van der Waals surface area contributed by atoms with Crippen molar-refractivity contribution in [3.63, 3.8) is 0 Å². The summed E-state index contributed by atoms with van der Waals surface area (Å²) in [7, 11) is -3.90. The third kappa shape index (κ3) is 5.19. The molecule has 1 atom stereocenters. The molecule has 2 amide bonds. The number of aryl methyl sites for hydroxylation is 2. The number of nitrogens with zero attached hydrogens (tertiary/aromatic N) is 2. The van der Waals surface area contributed by atoms with Gasteiger partial charge >= 0.3 is 6.18 Å². The van der Waals surface area contributed by atoms with Crippen molar-refractivity contribution in [2.24, 2.45) is 5.92 Å². The van der Waals surface area contributed by atoms with E-state index in [1.54, 1.807) is 12.1 Å². The average molecular weight is 581 g/mol. The van der Waals surface area contributed by atoms with E-state index in [9.17, 15) is 31.2 Å². The molecule has 216 valence electrons. The molecule has 6 rings (SSSR count). The summed E-state index contributed by atoms with van der Waals surface area (Å²) in [4.78, 5) is 27.0. The Morgan fingerprint density at radius 1 is 1.20 bits per heavy atom. The summed E-state index contributed by atoms with van der Waals surface area (Å²) < 4.78 is 72.2. The molecule has 0 bridgehead atoms. The number of alkyl halides is 3. The number of ether oxygens (including phenoxy) is 1. The average Bonchev–Trinajstić information content (AvgIpc) is 3.25. The Balaban J connectivity index is 1.30. The molecule has 1 aromatic heterocycles. The van der Waals surface area contributed by atoms with Crippen LogP contribution in [0.5, 0.6) is 5.75 Å². The lowest BCUT2D eigenvalue weighted by Gasteiger charge is -2.35. The van der Waals surface area contributed by atoms with Crippen LogP contribution in [0.4, 0.5) is 13.2 Å². The van der Waals surface area contributed by atoms with E-state index in [-0.39, 0.29) is 23.4 Å². The second-order valence-corrected chi connectivity index (χ2v) is 13.4. The lowest BCUT2D eigenvalue weighted by molar-refractivity contribution is -0.153. The minimum absolute atomic E-state index is 0.0429. The zero-order valence-electron chi connectivity index (χ0n) is 21.8. The van der Waals surface area contributed by atoms with E-state index < -0.39 is 45.4 Å². The molecule has 4 aliphatic rings. The van der Waals surface area contributed by atoms with Crippen LogP contribution in [0.15, 0.2) is 18.2 Å². The highest BCUT2D eigenvalue weighted by atomic mass is 32.2. The maximum absolute atomic E-state index is 13.6. The van der Waals surface area contributed by atoms with Gasteiger partial charge in [0.05, 0.1) is 22.0 Å². The fraction of sp³-hybridized carbons (Fsp3) is 0.593. The Morgan fingerprint density at radius 2 is 1.95 bits per heavy atom. The summed E-state index contributed by atoms with van der Waals surface area (Å²) in [6.45, 7) is -1.00. The number of halogens is 3. The van der Waals surface area contributed by atoms with Crippen molar-refractivity contribution in [2.75, 3.05) is 6.61 Å². The Labute approximate surface area is 229 Å². The fourth-order valence-electron chi connectivity index (χ4n) is 6.34. The van der Waals surface area contributed by atoms with Gasteiger partial charge in [0.25, 0.3) is 11.8 Å². The monoisotopic (exact) mass is 580 g/mol. The molecule has 9 nitrogen and oxygen atoms in total. The molecule has 2 aromatic rings. The summed E-state index contributed by atoms with van der Waals surface area (Å²) in [6, 6.07) is 4.70. The normalized spacial score (nSPS) is 22.7. The lowest BCUT2D eigenvalue weighted by atomic mass is 9.82. The van der Waals surface area contributed by atoms with Crippen molar-refractivity contribution in [3.8, 4) is 5.75 Å². The first kappa shape index (κ1) is 27.1. The first-order valence-corrected chi connectivity index (χ1v) is 15.3. The van der Waals surface area contributed by atoms with Gasteiger partial charge in [-0.25, -0.2) is 13.1 Å². The number of aromatic nitrogens is 2. The minimum atomic E-state index is -4.45. The summed E-state index contributed by atoms with van der Waals surface area (Å²) in [5.41, 5.74) is 1.16. The standard InChI is InChI=1S/C27H31F3N4O5S/c28-27(29,30)15-39-18-7-8-20-17(13-18)9-11-26(20)14-21-22(24(35)31-26)23(34(32-21)12-10-16-5-6-16)25(36)33-40(37,38)19-3-1-2-4-19/h7-8,13,16,19H,1-6,9-12,14-15H2,(H,31,35)(H,33,36)/t26-/m0/s1. The molecule has 2 N–H and O–H groups in total. The molecule has 0 saturated heterocycles. The molecule has 0 radical (unpaired) electrons. The Bertz CT molecular complexity index is 1460. The highest BCUT2D eigenvalue weighted by molar-refractivity contribution is 7.90. The number of carbonyl (C=O) groups is 2. The smallest absolute Gasteiger partial charge is 0.422 e. The molecular weight excluding hydrogens is 549 g/mol. The van der Waals surface area contributed by atoms with E-state index in [4.69, 9.17) is 4.74 Å². The summed E-state index contributed by atoms with van der Waals surface area (Å²) in [6.07, 6.45) is 2.36. The maximum atomic E-state index is 13.6. The van der Waals surface area contributed by atoms with Crippen molar-refractivity contribution < 1.29 is 35.9 Å². The first-order chi connectivity index (χ1) is 18.9. The summed E-state index contributed by atoms with van der Waals surface area (Å²) in [5.74, 6) is -0.744. The van der Waals surface area contributed by atoms with E-state index in [2.05, 4.69) is 15.1 Å². The second-order valence-electron chi connectivity index (χ2n) is 11.4. The van der Waals surface area contributed by atoms with Gasteiger partial charge in [0.15, 0.2) is 6.61 Å². The van der Waals surface area contributed by atoms with Crippen LogP contribution in [0, 0.1) is 5.92 Å². The highest BCUT2D eigenvalue weighted by Crippen LogP contribution is 2.44. The molecule has 3 aliphatic carbocycles. The van der Waals surface area contributed by atoms with E-state index in [0.717, 1.165) is 43.2 Å². The largest absolute Gasteiger partial charge is 0.484 e. The quantitative estimate of drug-likeness (QED) is 0.491. The van der Waals surface area contributed by atoms with Gasteiger partial charge in [0.1, 0.15) is 11.4 Å². The van der Waals surface area contributed by atoms with E-state index in [0.29, 0.717) is 43.8 Å². The predicted octanol–water partition coefficient (Wildman–Crippen LogP) is 3.75. The van der Waals surface area contributed by atoms with E-state index >= 15 is 0 Å². The molecule has 2 saturated carbocycles. The van der Waals surface area contributed by atoms with Crippen molar-refractivity contribution in [1.29, 1.82) is 0 Å². The topological polar surface area (TPSA) is 119 Å². The molecular formula is C27H31F3N4O5S. The molecule has 13 heteroatoms. The van der Waals surface area contributed by atoms with E-state index in [1.807, 2.05) is 0 Å². The minimum Gasteiger partial charge on any atom is -0.484 e. The molecule has 0 unspecified atom stereocenters. The van der Waals surface area contributed by atoms with Crippen LogP contribution in [0.2, 0.25) is 0 Å². The second kappa shape index (κ2) is 9.78. The van der Waals surface area contributed by atoms with Crippen LogP contribution in [0.3, 0.4) is 0 Å². The Kier molecular flexibility index (Phi) is 6.62. The van der Waals surface area contributed by atoms with Crippen LogP contribution in [-0.4, -0.2) is 48.0 Å². The van der Waals surface area contributed by atoms with Gasteiger partial charge in [-0.15, -0.1) is 0 Å². The van der Waals surface area contributed by atoms with Gasteiger partial charge in [0, 0.05) is 13.0 Å². The number of nitrogens with one attached hydrogen (secondary N) is 2. The Hall–Kier alpha value is -3.09. The molecule has 40 heavy (non-hydrogen) atoms.